The molecule has 0 aromatic carbocycles. The molecule has 1 aromatic heterocycles. The maximum absolute atomic E-state index is 11.7. The Bertz CT molecular complexity index is 324. The topological polar surface area (TPSA) is 83.8 Å². The van der Waals surface area contributed by atoms with Gasteiger partial charge in [0.15, 0.2) is 0 Å². The van der Waals surface area contributed by atoms with Crippen molar-refractivity contribution in [1.82, 2.24) is 9.97 Å². The van der Waals surface area contributed by atoms with Gasteiger partial charge in [-0.1, -0.05) is 6.42 Å². The molecule has 1 amide bonds. The molecule has 1 aliphatic rings. The predicted molar refractivity (Wildman–Crippen MR) is 57.2 cm³/mol. The molecule has 1 aromatic rings. The van der Waals surface area contributed by atoms with Crippen LogP contribution >= 0.6 is 0 Å². The van der Waals surface area contributed by atoms with E-state index >= 15 is 0 Å². The van der Waals surface area contributed by atoms with Crippen LogP contribution in [0.3, 0.4) is 0 Å². The van der Waals surface area contributed by atoms with Crippen LogP contribution in [-0.4, -0.2) is 22.4 Å². The van der Waals surface area contributed by atoms with Crippen molar-refractivity contribution in [3.63, 3.8) is 0 Å². The molecule has 1 fully saturated rings. The number of hydrogen-bond acceptors (Lipinski definition) is 3. The third-order valence-corrected chi connectivity index (χ3v) is 3.14. The minimum atomic E-state index is -0.00454. The molecule has 0 aliphatic heterocycles. The number of hydrogen-bond donors (Lipinski definition) is 3. The second-order valence-corrected chi connectivity index (χ2v) is 4.22. The summed E-state index contributed by atoms with van der Waals surface area (Å²) >= 11 is 0. The first-order chi connectivity index (χ1) is 7.24. The van der Waals surface area contributed by atoms with Crippen molar-refractivity contribution in [2.45, 2.75) is 25.7 Å². The molecule has 1 saturated carbocycles. The van der Waals surface area contributed by atoms with Crippen LogP contribution < -0.4 is 11.1 Å². The molecule has 0 atom stereocenters. The highest BCUT2D eigenvalue weighted by Gasteiger charge is 2.37. The molecule has 0 saturated heterocycles. The van der Waals surface area contributed by atoms with Gasteiger partial charge in [-0.25, -0.2) is 4.98 Å². The highest BCUT2D eigenvalue weighted by Crippen LogP contribution is 2.42. The van der Waals surface area contributed by atoms with E-state index in [0.29, 0.717) is 18.9 Å². The number of nitrogens with one attached hydrogen (secondary N) is 2. The molecule has 0 unspecified atom stereocenters. The number of amides is 1. The second-order valence-electron chi connectivity index (χ2n) is 4.22. The first-order valence-electron chi connectivity index (χ1n) is 5.23. The Morgan fingerprint density at radius 2 is 2.47 bits per heavy atom. The van der Waals surface area contributed by atoms with Crippen molar-refractivity contribution in [2.75, 3.05) is 11.9 Å². The molecule has 0 radical (unpaired) electrons. The molecule has 1 heterocycles. The van der Waals surface area contributed by atoms with E-state index in [1.54, 1.807) is 12.4 Å². The first kappa shape index (κ1) is 10.2. The summed E-state index contributed by atoms with van der Waals surface area (Å²) in [5.41, 5.74) is 5.74. The molecule has 15 heavy (non-hydrogen) atoms. The molecule has 1 aliphatic carbocycles. The Kier molecular flexibility index (Phi) is 2.73. The van der Waals surface area contributed by atoms with E-state index in [1.165, 1.54) is 6.42 Å². The molecule has 5 heteroatoms. The smallest absolute Gasteiger partial charge is 0.227 e. The van der Waals surface area contributed by atoms with Gasteiger partial charge in [0.05, 0.1) is 0 Å². The van der Waals surface area contributed by atoms with Gasteiger partial charge in [-0.05, 0) is 24.8 Å². The highest BCUT2D eigenvalue weighted by atomic mass is 16.1. The van der Waals surface area contributed by atoms with Gasteiger partial charge < -0.3 is 10.7 Å². The van der Waals surface area contributed by atoms with Crippen LogP contribution in [0.15, 0.2) is 12.4 Å². The van der Waals surface area contributed by atoms with Gasteiger partial charge in [-0.15, -0.1) is 0 Å². The van der Waals surface area contributed by atoms with Crippen molar-refractivity contribution < 1.29 is 4.79 Å². The minimum absolute atomic E-state index is 0.00454. The van der Waals surface area contributed by atoms with Crippen LogP contribution in [0.2, 0.25) is 0 Å². The van der Waals surface area contributed by atoms with E-state index in [1.807, 2.05) is 0 Å². The summed E-state index contributed by atoms with van der Waals surface area (Å²) in [4.78, 5) is 18.4. The number of nitrogens with two attached hydrogens (primary N) is 1. The fraction of sp³-hybridized carbons (Fsp3) is 0.600. The van der Waals surface area contributed by atoms with Gasteiger partial charge in [0.25, 0.3) is 0 Å². The normalized spacial score (nSPS) is 18.2. The summed E-state index contributed by atoms with van der Waals surface area (Å²) in [6.45, 7) is 0.596. The number of anilines is 1. The van der Waals surface area contributed by atoms with E-state index in [0.717, 1.165) is 12.8 Å². The molecule has 2 rings (SSSR count). The molecule has 4 N–H and O–H groups in total. The van der Waals surface area contributed by atoms with E-state index in [2.05, 4.69) is 15.3 Å². The van der Waals surface area contributed by atoms with Crippen LogP contribution in [0.5, 0.6) is 0 Å². The van der Waals surface area contributed by atoms with Crippen LogP contribution in [0.1, 0.15) is 25.7 Å². The van der Waals surface area contributed by atoms with Gasteiger partial charge >= 0.3 is 0 Å². The van der Waals surface area contributed by atoms with Crippen molar-refractivity contribution >= 4 is 11.9 Å². The number of aromatic nitrogens is 2. The van der Waals surface area contributed by atoms with E-state index < -0.39 is 0 Å². The zero-order valence-corrected chi connectivity index (χ0v) is 8.62. The summed E-state index contributed by atoms with van der Waals surface area (Å²) in [5, 5.41) is 2.72. The van der Waals surface area contributed by atoms with E-state index in [-0.39, 0.29) is 11.3 Å². The number of H-pyrrole nitrogens is 1. The first-order valence-corrected chi connectivity index (χ1v) is 5.23. The van der Waals surface area contributed by atoms with Crippen LogP contribution in [0.25, 0.3) is 0 Å². The summed E-state index contributed by atoms with van der Waals surface area (Å²) in [5.74, 6) is 0.501. The lowest BCUT2D eigenvalue weighted by molar-refractivity contribution is -0.119. The Morgan fingerprint density at radius 1 is 1.67 bits per heavy atom. The van der Waals surface area contributed by atoms with E-state index in [9.17, 15) is 4.79 Å². The van der Waals surface area contributed by atoms with Crippen molar-refractivity contribution in [3.05, 3.63) is 12.4 Å². The number of imidazole rings is 1. The highest BCUT2D eigenvalue weighted by molar-refractivity contribution is 5.89. The summed E-state index contributed by atoms with van der Waals surface area (Å²) in [7, 11) is 0. The number of nitrogens with zero attached hydrogens (tertiary/aromatic N) is 1. The molecular formula is C10H16N4O. The summed E-state index contributed by atoms with van der Waals surface area (Å²) < 4.78 is 0. The maximum atomic E-state index is 11.7. The SMILES string of the molecule is NCC1(CC(=O)Nc2ncc[nH]2)CCC1. The number of carbonyl (C=O) groups is 1. The lowest BCUT2D eigenvalue weighted by atomic mass is 9.66. The Labute approximate surface area is 88.5 Å². The fourth-order valence-corrected chi connectivity index (χ4v) is 1.98. The quantitative estimate of drug-likeness (QED) is 0.686. The zero-order valence-electron chi connectivity index (χ0n) is 8.62. The molecular weight excluding hydrogens is 192 g/mol. The zero-order chi connectivity index (χ0) is 10.7. The Morgan fingerprint density at radius 3 is 2.93 bits per heavy atom. The molecule has 5 nitrogen and oxygen atoms in total. The van der Waals surface area contributed by atoms with Crippen LogP contribution in [0, 0.1) is 5.41 Å². The standard InChI is InChI=1S/C10H16N4O/c11-7-10(2-1-3-10)6-8(15)14-9-12-4-5-13-9/h4-5H,1-3,6-7,11H2,(H2,12,13,14,15). The lowest BCUT2D eigenvalue weighted by Gasteiger charge is -2.40. The average Bonchev–Trinajstić information content (AvgIpc) is 2.64. The van der Waals surface area contributed by atoms with Crippen molar-refractivity contribution in [2.24, 2.45) is 11.1 Å². The van der Waals surface area contributed by atoms with Gasteiger partial charge in [0.1, 0.15) is 0 Å². The largest absolute Gasteiger partial charge is 0.331 e. The average molecular weight is 208 g/mol. The second kappa shape index (κ2) is 4.02. The van der Waals surface area contributed by atoms with Crippen molar-refractivity contribution in [1.29, 1.82) is 0 Å². The van der Waals surface area contributed by atoms with Crippen LogP contribution in [-0.2, 0) is 4.79 Å². The Balaban J connectivity index is 1.87. The predicted octanol–water partition coefficient (Wildman–Crippen LogP) is 0.867. The minimum Gasteiger partial charge on any atom is -0.331 e. The maximum Gasteiger partial charge on any atom is 0.227 e. The summed E-state index contributed by atoms with van der Waals surface area (Å²) in [6, 6.07) is 0. The van der Waals surface area contributed by atoms with Crippen molar-refractivity contribution in [3.8, 4) is 0 Å². The monoisotopic (exact) mass is 208 g/mol. The molecule has 82 valence electrons. The van der Waals surface area contributed by atoms with Gasteiger partial charge in [-0.3, -0.25) is 10.1 Å². The fourth-order valence-electron chi connectivity index (χ4n) is 1.98. The third-order valence-electron chi connectivity index (χ3n) is 3.14. The lowest BCUT2D eigenvalue weighted by Crippen LogP contribution is -2.40. The Hall–Kier alpha value is -1.36. The number of aromatic amines is 1. The van der Waals surface area contributed by atoms with E-state index in [4.69, 9.17) is 5.73 Å². The van der Waals surface area contributed by atoms with Gasteiger partial charge in [0, 0.05) is 18.8 Å². The molecule has 0 bridgehead atoms. The number of rotatable bonds is 4. The molecule has 0 spiro atoms. The third kappa shape index (κ3) is 2.18. The number of carbonyl (C=O) groups excluding carboxylic acids is 1. The van der Waals surface area contributed by atoms with Gasteiger partial charge in [-0.2, -0.15) is 0 Å². The van der Waals surface area contributed by atoms with Crippen LogP contribution in [0.4, 0.5) is 5.95 Å². The van der Waals surface area contributed by atoms with Gasteiger partial charge in [0.2, 0.25) is 11.9 Å². The summed E-state index contributed by atoms with van der Waals surface area (Å²) in [6.07, 6.45) is 7.11.